The molecule has 6 nitrogen and oxygen atoms in total. The zero-order valence-electron chi connectivity index (χ0n) is 11.7. The van der Waals surface area contributed by atoms with E-state index in [2.05, 4.69) is 20.3 Å². The minimum absolute atomic E-state index is 0.00766. The van der Waals surface area contributed by atoms with Crippen molar-refractivity contribution in [3.63, 3.8) is 0 Å². The Morgan fingerprint density at radius 1 is 1.19 bits per heavy atom. The van der Waals surface area contributed by atoms with E-state index >= 15 is 0 Å². The van der Waals surface area contributed by atoms with Crippen LogP contribution in [-0.4, -0.2) is 28.1 Å². The molecule has 1 N–H and O–H groups in total. The third-order valence-electron chi connectivity index (χ3n) is 2.26. The molecule has 0 fully saturated rings. The summed E-state index contributed by atoms with van der Waals surface area (Å²) in [6.07, 6.45) is -0.0991. The Balaban J connectivity index is 2.27. The molecule has 0 aliphatic carbocycles. The van der Waals surface area contributed by atoms with Crippen LogP contribution in [-0.2, 0) is 0 Å². The predicted molar refractivity (Wildman–Crippen MR) is 76.6 cm³/mol. The molecule has 8 heteroatoms. The number of rotatable bonds is 5. The fraction of sp³-hybridized carbons (Fsp3) is 0.308. The van der Waals surface area contributed by atoms with Gasteiger partial charge >= 0.3 is 12.0 Å². The van der Waals surface area contributed by atoms with E-state index in [0.29, 0.717) is 0 Å². The lowest BCUT2D eigenvalue weighted by molar-refractivity contribution is 0.218. The van der Waals surface area contributed by atoms with Gasteiger partial charge in [-0.2, -0.15) is 9.97 Å². The molecule has 1 aromatic carbocycles. The van der Waals surface area contributed by atoms with Gasteiger partial charge in [-0.25, -0.2) is 4.39 Å². The molecule has 1 aromatic heterocycles. The lowest BCUT2D eigenvalue weighted by Gasteiger charge is -2.10. The molecule has 0 saturated heterocycles. The van der Waals surface area contributed by atoms with Crippen LogP contribution in [0.1, 0.15) is 13.8 Å². The lowest BCUT2D eigenvalue weighted by atomic mass is 10.3. The standard InChI is InChI=1S/C13H14ClFN4O2/c1-7(2)20-12-17-11(16-3)18-13(19-12)21-8-4-5-9(14)10(15)6-8/h4-7H,1-3H3,(H,16,17,18,19). The van der Waals surface area contributed by atoms with Gasteiger partial charge in [0.1, 0.15) is 11.6 Å². The van der Waals surface area contributed by atoms with Crippen LogP contribution in [0.15, 0.2) is 18.2 Å². The summed E-state index contributed by atoms with van der Waals surface area (Å²) in [5, 5.41) is 2.78. The SMILES string of the molecule is CNc1nc(Oc2ccc(Cl)c(F)c2)nc(OC(C)C)n1. The average Bonchev–Trinajstić information content (AvgIpc) is 2.42. The minimum atomic E-state index is -0.587. The zero-order chi connectivity index (χ0) is 15.4. The Morgan fingerprint density at radius 2 is 1.90 bits per heavy atom. The van der Waals surface area contributed by atoms with Gasteiger partial charge < -0.3 is 14.8 Å². The highest BCUT2D eigenvalue weighted by Gasteiger charge is 2.11. The molecule has 2 rings (SSSR count). The second-order valence-corrected chi connectivity index (χ2v) is 4.73. The fourth-order valence-electron chi connectivity index (χ4n) is 1.40. The Kier molecular flexibility index (Phi) is 4.74. The third-order valence-corrected chi connectivity index (χ3v) is 2.57. The smallest absolute Gasteiger partial charge is 0.330 e. The van der Waals surface area contributed by atoms with Crippen molar-refractivity contribution in [2.24, 2.45) is 0 Å². The van der Waals surface area contributed by atoms with Crippen LogP contribution in [0.25, 0.3) is 0 Å². The first-order valence-electron chi connectivity index (χ1n) is 6.21. The highest BCUT2D eigenvalue weighted by atomic mass is 35.5. The van der Waals surface area contributed by atoms with Crippen molar-refractivity contribution in [2.45, 2.75) is 20.0 Å². The molecule has 21 heavy (non-hydrogen) atoms. The quantitative estimate of drug-likeness (QED) is 0.913. The van der Waals surface area contributed by atoms with Crippen molar-refractivity contribution < 1.29 is 13.9 Å². The van der Waals surface area contributed by atoms with Gasteiger partial charge in [0.25, 0.3) is 0 Å². The minimum Gasteiger partial charge on any atom is -0.461 e. The molecule has 112 valence electrons. The number of ether oxygens (including phenoxy) is 2. The highest BCUT2D eigenvalue weighted by molar-refractivity contribution is 6.30. The van der Waals surface area contributed by atoms with Crippen LogP contribution >= 0.6 is 11.6 Å². The van der Waals surface area contributed by atoms with E-state index in [1.807, 2.05) is 13.8 Å². The van der Waals surface area contributed by atoms with Crippen molar-refractivity contribution in [1.82, 2.24) is 15.0 Å². The number of benzene rings is 1. The van der Waals surface area contributed by atoms with Crippen molar-refractivity contribution in [2.75, 3.05) is 12.4 Å². The number of aromatic nitrogens is 3. The van der Waals surface area contributed by atoms with E-state index < -0.39 is 5.82 Å². The summed E-state index contributed by atoms with van der Waals surface area (Å²) in [7, 11) is 1.65. The number of hydrogen-bond acceptors (Lipinski definition) is 6. The van der Waals surface area contributed by atoms with Crippen LogP contribution < -0.4 is 14.8 Å². The molecule has 0 unspecified atom stereocenters. The molecule has 0 aliphatic rings. The van der Waals surface area contributed by atoms with E-state index in [-0.39, 0.29) is 34.8 Å². The molecule has 0 aliphatic heterocycles. The first kappa shape index (κ1) is 15.2. The van der Waals surface area contributed by atoms with E-state index in [9.17, 15) is 4.39 Å². The third kappa shape index (κ3) is 4.16. The topological polar surface area (TPSA) is 69.2 Å². The number of nitrogens with one attached hydrogen (secondary N) is 1. The summed E-state index contributed by atoms with van der Waals surface area (Å²) in [6, 6.07) is 4.16. The summed E-state index contributed by atoms with van der Waals surface area (Å²) in [4.78, 5) is 12.1. The fourth-order valence-corrected chi connectivity index (χ4v) is 1.52. The Bertz CT molecular complexity index is 640. The lowest BCUT2D eigenvalue weighted by Crippen LogP contribution is -2.11. The molecular formula is C13H14ClFN4O2. The van der Waals surface area contributed by atoms with Crippen LogP contribution in [0.2, 0.25) is 5.02 Å². The summed E-state index contributed by atoms with van der Waals surface area (Å²) in [5.41, 5.74) is 0. The van der Waals surface area contributed by atoms with Crippen LogP contribution in [0.5, 0.6) is 17.8 Å². The maximum Gasteiger partial charge on any atom is 0.330 e. The Hall–Kier alpha value is -2.15. The second-order valence-electron chi connectivity index (χ2n) is 4.32. The van der Waals surface area contributed by atoms with Gasteiger partial charge in [0, 0.05) is 13.1 Å². The summed E-state index contributed by atoms with van der Waals surface area (Å²) >= 11 is 5.61. The van der Waals surface area contributed by atoms with Gasteiger partial charge in [-0.1, -0.05) is 11.6 Å². The molecule has 0 amide bonds. The molecular weight excluding hydrogens is 299 g/mol. The van der Waals surface area contributed by atoms with Crippen LogP contribution in [0.3, 0.4) is 0 Å². The van der Waals surface area contributed by atoms with Crippen LogP contribution in [0, 0.1) is 5.82 Å². The molecule has 1 heterocycles. The van der Waals surface area contributed by atoms with Gasteiger partial charge in [-0.3, -0.25) is 0 Å². The average molecular weight is 313 g/mol. The van der Waals surface area contributed by atoms with Crippen molar-refractivity contribution in [3.8, 4) is 17.8 Å². The molecule has 0 saturated carbocycles. The Morgan fingerprint density at radius 3 is 2.52 bits per heavy atom. The Labute approximate surface area is 126 Å². The van der Waals surface area contributed by atoms with Gasteiger partial charge in [0.05, 0.1) is 11.1 Å². The predicted octanol–water partition coefficient (Wildman–Crippen LogP) is 3.29. The van der Waals surface area contributed by atoms with E-state index in [1.54, 1.807) is 7.05 Å². The van der Waals surface area contributed by atoms with Gasteiger partial charge in [-0.05, 0) is 26.0 Å². The molecule has 0 atom stereocenters. The van der Waals surface area contributed by atoms with Crippen LogP contribution in [0.4, 0.5) is 10.3 Å². The molecule has 2 aromatic rings. The number of halogens is 2. The highest BCUT2D eigenvalue weighted by Crippen LogP contribution is 2.24. The van der Waals surface area contributed by atoms with Crippen molar-refractivity contribution >= 4 is 17.5 Å². The second kappa shape index (κ2) is 6.53. The number of nitrogens with zero attached hydrogens (tertiary/aromatic N) is 3. The molecule has 0 bridgehead atoms. The van der Waals surface area contributed by atoms with E-state index in [4.69, 9.17) is 21.1 Å². The zero-order valence-corrected chi connectivity index (χ0v) is 12.5. The normalized spacial score (nSPS) is 10.6. The summed E-state index contributed by atoms with van der Waals surface area (Å²) in [5.74, 6) is -0.0820. The maximum atomic E-state index is 13.4. The van der Waals surface area contributed by atoms with Gasteiger partial charge in [0.15, 0.2) is 0 Å². The molecule has 0 spiro atoms. The molecule has 0 radical (unpaired) electrons. The monoisotopic (exact) mass is 312 g/mol. The van der Waals surface area contributed by atoms with E-state index in [1.165, 1.54) is 12.1 Å². The summed E-state index contributed by atoms with van der Waals surface area (Å²) in [6.45, 7) is 3.69. The van der Waals surface area contributed by atoms with Crippen molar-refractivity contribution in [1.29, 1.82) is 0 Å². The first-order valence-corrected chi connectivity index (χ1v) is 6.59. The largest absolute Gasteiger partial charge is 0.461 e. The first-order chi connectivity index (χ1) is 9.97. The summed E-state index contributed by atoms with van der Waals surface area (Å²) < 4.78 is 24.2. The van der Waals surface area contributed by atoms with E-state index in [0.717, 1.165) is 6.07 Å². The van der Waals surface area contributed by atoms with Gasteiger partial charge in [-0.15, -0.1) is 4.98 Å². The number of anilines is 1. The van der Waals surface area contributed by atoms with Gasteiger partial charge in [0.2, 0.25) is 5.95 Å². The number of hydrogen-bond donors (Lipinski definition) is 1. The van der Waals surface area contributed by atoms with Crippen molar-refractivity contribution in [3.05, 3.63) is 29.0 Å². The maximum absolute atomic E-state index is 13.4.